The molecule has 0 fully saturated rings. The van der Waals surface area contributed by atoms with E-state index in [1.54, 1.807) is 31.4 Å². The SMILES string of the molecule is COCCCN1C(=O)c2ccc(NC(=O)Nc3ccc(OC)c(Cl)c3)cc2C1=O. The largest absolute Gasteiger partial charge is 0.495 e. The Morgan fingerprint density at radius 2 is 1.66 bits per heavy atom. The van der Waals surface area contributed by atoms with E-state index >= 15 is 0 Å². The van der Waals surface area contributed by atoms with E-state index in [2.05, 4.69) is 10.6 Å². The third-order valence-corrected chi connectivity index (χ3v) is 4.66. The molecule has 0 atom stereocenters. The zero-order valence-corrected chi connectivity index (χ0v) is 16.7. The highest BCUT2D eigenvalue weighted by molar-refractivity contribution is 6.32. The Bertz CT molecular complexity index is 963. The molecule has 2 aromatic carbocycles. The van der Waals surface area contributed by atoms with E-state index < -0.39 is 6.03 Å². The van der Waals surface area contributed by atoms with E-state index in [0.717, 1.165) is 0 Å². The summed E-state index contributed by atoms with van der Waals surface area (Å²) in [7, 11) is 3.06. The Kier molecular flexibility index (Phi) is 6.36. The Labute approximate surface area is 172 Å². The fraction of sp³-hybridized carbons (Fsp3) is 0.250. The molecule has 3 rings (SSSR count). The first kappa shape index (κ1) is 20.6. The van der Waals surface area contributed by atoms with Crippen LogP contribution in [0, 0.1) is 0 Å². The van der Waals surface area contributed by atoms with Crippen molar-refractivity contribution < 1.29 is 23.9 Å². The van der Waals surface area contributed by atoms with Gasteiger partial charge in [-0.15, -0.1) is 0 Å². The van der Waals surface area contributed by atoms with Crippen LogP contribution >= 0.6 is 11.6 Å². The molecule has 0 bridgehead atoms. The summed E-state index contributed by atoms with van der Waals surface area (Å²) in [6, 6.07) is 8.92. The highest BCUT2D eigenvalue weighted by atomic mass is 35.5. The molecule has 0 saturated heterocycles. The van der Waals surface area contributed by atoms with Gasteiger partial charge in [-0.05, 0) is 42.8 Å². The molecule has 8 nitrogen and oxygen atoms in total. The normalized spacial score (nSPS) is 12.7. The average molecular weight is 418 g/mol. The molecule has 1 aliphatic rings. The zero-order chi connectivity index (χ0) is 21.0. The molecule has 0 saturated carbocycles. The molecule has 1 heterocycles. The van der Waals surface area contributed by atoms with Crippen LogP contribution < -0.4 is 15.4 Å². The number of fused-ring (bicyclic) bond motifs is 1. The quantitative estimate of drug-likeness (QED) is 0.529. The molecule has 0 aromatic heterocycles. The maximum atomic E-state index is 12.5. The van der Waals surface area contributed by atoms with Gasteiger partial charge in [-0.1, -0.05) is 11.6 Å². The van der Waals surface area contributed by atoms with Crippen molar-refractivity contribution in [1.29, 1.82) is 0 Å². The molecule has 0 aliphatic carbocycles. The molecule has 0 spiro atoms. The van der Waals surface area contributed by atoms with E-state index in [0.29, 0.717) is 40.7 Å². The summed E-state index contributed by atoms with van der Waals surface area (Å²) in [5, 5.41) is 5.65. The van der Waals surface area contributed by atoms with Gasteiger partial charge < -0.3 is 20.1 Å². The van der Waals surface area contributed by atoms with Crippen molar-refractivity contribution in [2.45, 2.75) is 6.42 Å². The number of ether oxygens (including phenoxy) is 2. The summed E-state index contributed by atoms with van der Waals surface area (Å²) in [5.41, 5.74) is 1.45. The Morgan fingerprint density at radius 1 is 1.00 bits per heavy atom. The van der Waals surface area contributed by atoms with E-state index in [1.165, 1.54) is 24.1 Å². The van der Waals surface area contributed by atoms with Crippen LogP contribution in [0.1, 0.15) is 27.1 Å². The molecule has 0 unspecified atom stereocenters. The van der Waals surface area contributed by atoms with Gasteiger partial charge >= 0.3 is 6.03 Å². The number of imide groups is 1. The van der Waals surface area contributed by atoms with Crippen LogP contribution in [-0.4, -0.2) is 50.1 Å². The second-order valence-electron chi connectivity index (χ2n) is 6.30. The van der Waals surface area contributed by atoms with Crippen molar-refractivity contribution in [1.82, 2.24) is 4.90 Å². The number of benzene rings is 2. The van der Waals surface area contributed by atoms with Gasteiger partial charge in [0.1, 0.15) is 5.75 Å². The fourth-order valence-corrected chi connectivity index (χ4v) is 3.23. The molecule has 29 heavy (non-hydrogen) atoms. The number of hydrogen-bond donors (Lipinski definition) is 2. The number of hydrogen-bond acceptors (Lipinski definition) is 5. The number of nitrogens with one attached hydrogen (secondary N) is 2. The Morgan fingerprint density at radius 3 is 2.31 bits per heavy atom. The first-order chi connectivity index (χ1) is 13.9. The van der Waals surface area contributed by atoms with Crippen molar-refractivity contribution >= 4 is 40.8 Å². The number of amides is 4. The number of urea groups is 1. The minimum atomic E-state index is -0.514. The average Bonchev–Trinajstić information content (AvgIpc) is 2.92. The predicted octanol–water partition coefficient (Wildman–Crippen LogP) is 3.63. The maximum absolute atomic E-state index is 12.5. The number of carbonyl (C=O) groups is 3. The molecule has 2 N–H and O–H groups in total. The van der Waals surface area contributed by atoms with Gasteiger partial charge in [0.2, 0.25) is 0 Å². The minimum absolute atomic E-state index is 0.262. The van der Waals surface area contributed by atoms with Crippen LogP contribution in [0.15, 0.2) is 36.4 Å². The lowest BCUT2D eigenvalue weighted by Gasteiger charge is -2.12. The van der Waals surface area contributed by atoms with E-state index in [4.69, 9.17) is 21.1 Å². The van der Waals surface area contributed by atoms with Gasteiger partial charge in [0.15, 0.2) is 0 Å². The van der Waals surface area contributed by atoms with Crippen molar-refractivity contribution in [3.8, 4) is 5.75 Å². The summed E-state index contributed by atoms with van der Waals surface area (Å²) in [5.74, 6) is -0.230. The lowest BCUT2D eigenvalue weighted by molar-refractivity contribution is 0.0638. The second-order valence-corrected chi connectivity index (χ2v) is 6.70. The number of nitrogens with zero attached hydrogens (tertiary/aromatic N) is 1. The third-order valence-electron chi connectivity index (χ3n) is 4.37. The van der Waals surface area contributed by atoms with Crippen molar-refractivity contribution in [3.63, 3.8) is 0 Å². The van der Waals surface area contributed by atoms with Crippen molar-refractivity contribution in [2.24, 2.45) is 0 Å². The number of rotatable bonds is 7. The van der Waals surface area contributed by atoms with Gasteiger partial charge in [0.05, 0.1) is 23.3 Å². The lowest BCUT2D eigenvalue weighted by atomic mass is 10.1. The molecule has 2 aromatic rings. The van der Waals surface area contributed by atoms with Gasteiger partial charge in [-0.25, -0.2) is 4.79 Å². The van der Waals surface area contributed by atoms with Crippen molar-refractivity contribution in [3.05, 3.63) is 52.5 Å². The van der Waals surface area contributed by atoms with Crippen LogP contribution in [0.25, 0.3) is 0 Å². The van der Waals surface area contributed by atoms with Crippen LogP contribution in [0.2, 0.25) is 5.02 Å². The Hall–Kier alpha value is -3.10. The molecule has 9 heteroatoms. The van der Waals surface area contributed by atoms with Crippen LogP contribution in [-0.2, 0) is 4.74 Å². The van der Waals surface area contributed by atoms with Crippen molar-refractivity contribution in [2.75, 3.05) is 38.0 Å². The third kappa shape index (κ3) is 4.49. The molecular weight excluding hydrogens is 398 g/mol. The maximum Gasteiger partial charge on any atom is 0.323 e. The molecule has 1 aliphatic heterocycles. The molecule has 0 radical (unpaired) electrons. The number of carbonyl (C=O) groups excluding carboxylic acids is 3. The summed E-state index contributed by atoms with van der Waals surface area (Å²) in [4.78, 5) is 38.4. The van der Waals surface area contributed by atoms with Gasteiger partial charge in [0, 0.05) is 31.6 Å². The van der Waals surface area contributed by atoms with Gasteiger partial charge in [-0.3, -0.25) is 14.5 Å². The molecule has 152 valence electrons. The van der Waals surface area contributed by atoms with Crippen LogP contribution in [0.3, 0.4) is 0 Å². The standard InChI is InChI=1S/C20H20ClN3O5/c1-28-9-3-8-24-18(25)14-6-4-12(10-15(14)19(24)26)22-20(27)23-13-5-7-17(29-2)16(21)11-13/h4-7,10-11H,3,8-9H2,1-2H3,(H2,22,23,27). The monoisotopic (exact) mass is 417 g/mol. The predicted molar refractivity (Wildman–Crippen MR) is 109 cm³/mol. The smallest absolute Gasteiger partial charge is 0.323 e. The highest BCUT2D eigenvalue weighted by Gasteiger charge is 2.35. The van der Waals surface area contributed by atoms with Crippen LogP contribution in [0.5, 0.6) is 5.75 Å². The number of methoxy groups -OCH3 is 2. The summed E-state index contributed by atoms with van der Waals surface area (Å²) in [6.45, 7) is 0.734. The summed E-state index contributed by atoms with van der Waals surface area (Å²) < 4.78 is 10.0. The van der Waals surface area contributed by atoms with E-state index in [1.807, 2.05) is 0 Å². The first-order valence-electron chi connectivity index (χ1n) is 8.85. The zero-order valence-electron chi connectivity index (χ0n) is 16.0. The highest BCUT2D eigenvalue weighted by Crippen LogP contribution is 2.28. The minimum Gasteiger partial charge on any atom is -0.495 e. The second kappa shape index (κ2) is 8.93. The van der Waals surface area contributed by atoms with Crippen LogP contribution in [0.4, 0.5) is 16.2 Å². The van der Waals surface area contributed by atoms with Gasteiger partial charge in [0.25, 0.3) is 11.8 Å². The summed E-state index contributed by atoms with van der Waals surface area (Å²) >= 11 is 6.05. The Balaban J connectivity index is 1.68. The summed E-state index contributed by atoms with van der Waals surface area (Å²) in [6.07, 6.45) is 0.555. The first-order valence-corrected chi connectivity index (χ1v) is 9.23. The van der Waals surface area contributed by atoms with E-state index in [9.17, 15) is 14.4 Å². The fourth-order valence-electron chi connectivity index (χ4n) is 2.98. The lowest BCUT2D eigenvalue weighted by Crippen LogP contribution is -2.31. The number of halogens is 1. The van der Waals surface area contributed by atoms with E-state index in [-0.39, 0.29) is 23.9 Å². The number of anilines is 2. The molecule has 4 amide bonds. The topological polar surface area (TPSA) is 97.0 Å². The van der Waals surface area contributed by atoms with Gasteiger partial charge in [-0.2, -0.15) is 0 Å². The molecular formula is C20H20ClN3O5.